The number of hydroxylamine groups is 1. The standard InChI is InChI=1S/C7H23I2N6O4/c1-5-7(4)16-14(19-13-6(2)3)9(11)18-15(12)17-8-10/h6-7,13H,5,10-12H2,1-4H3/q-1. The molecule has 0 aliphatic rings. The Kier molecular flexibility index (Phi) is 12.3. The van der Waals surface area contributed by atoms with E-state index in [-0.39, 0.29) is 12.1 Å². The Balaban J connectivity index is 4.34. The van der Waals surface area contributed by atoms with E-state index in [1.54, 1.807) is 0 Å². The zero-order valence-electron chi connectivity index (χ0n) is 11.4. The first-order valence-electron chi connectivity index (χ1n) is 5.48. The van der Waals surface area contributed by atoms with Crippen molar-refractivity contribution < 1.29 is 38.0 Å². The van der Waals surface area contributed by atoms with Crippen LogP contribution in [0.5, 0.6) is 0 Å². The number of halogens is 2. The molecular formula is C7H23I2N6O4-. The van der Waals surface area contributed by atoms with Gasteiger partial charge in [0.2, 0.25) is 0 Å². The van der Waals surface area contributed by atoms with E-state index < -0.39 is 42.7 Å². The summed E-state index contributed by atoms with van der Waals surface area (Å²) in [6, 6.07) is 0.0902. The van der Waals surface area contributed by atoms with Gasteiger partial charge in [-0.15, -0.1) is 0 Å². The van der Waals surface area contributed by atoms with Crippen molar-refractivity contribution in [2.75, 3.05) is 0 Å². The molecule has 10 nitrogen and oxygen atoms in total. The monoisotopic (exact) mass is 509 g/mol. The van der Waals surface area contributed by atoms with Crippen molar-refractivity contribution in [2.24, 2.45) is 13.7 Å². The molecule has 0 saturated heterocycles. The quantitative estimate of drug-likeness (QED) is 0.0989. The molecule has 0 bridgehead atoms. The van der Waals surface area contributed by atoms with Gasteiger partial charge in [0, 0.05) is 0 Å². The first kappa shape index (κ1) is 20.1. The van der Waals surface area contributed by atoms with Gasteiger partial charge in [-0.2, -0.15) is 0 Å². The van der Waals surface area contributed by atoms with Crippen LogP contribution >= 0.6 is 20.8 Å². The third-order valence-corrected chi connectivity index (χ3v) is 4.19. The first-order chi connectivity index (χ1) is 8.90. The van der Waals surface area contributed by atoms with Gasteiger partial charge in [-0.25, -0.2) is 0 Å². The van der Waals surface area contributed by atoms with Crippen LogP contribution in [0.1, 0.15) is 34.1 Å². The first-order valence-corrected chi connectivity index (χ1v) is 10.7. The number of nitrogens with one attached hydrogen (secondary N) is 1. The number of nitrogens with two attached hydrogens (primary N) is 3. The second-order valence-electron chi connectivity index (χ2n) is 3.67. The van der Waals surface area contributed by atoms with Gasteiger partial charge in [-0.1, -0.05) is 0 Å². The third-order valence-electron chi connectivity index (χ3n) is 1.58. The molecule has 7 N–H and O–H groups in total. The summed E-state index contributed by atoms with van der Waals surface area (Å²) >= 11 is -3.75. The second kappa shape index (κ2) is 11.7. The minimum absolute atomic E-state index is 0.0741. The number of nitrogens with zero attached hydrogens (tertiary/aromatic N) is 2. The molecule has 12 heteroatoms. The SMILES string of the molecule is CCC(C)ON(ONC(C)C)I(N)ON(N)O[I-]N. The topological polar surface area (TPSA) is 133 Å². The molecule has 0 heterocycles. The van der Waals surface area contributed by atoms with E-state index in [0.29, 0.717) is 5.34 Å². The van der Waals surface area contributed by atoms with E-state index in [0.717, 1.165) is 9.86 Å². The third kappa shape index (κ3) is 10.4. The van der Waals surface area contributed by atoms with E-state index in [1.807, 2.05) is 27.7 Å². The van der Waals surface area contributed by atoms with Crippen molar-refractivity contribution in [2.45, 2.75) is 46.3 Å². The van der Waals surface area contributed by atoms with Crippen LogP contribution in [-0.4, -0.2) is 20.9 Å². The fraction of sp³-hybridized carbons (Fsp3) is 1.00. The maximum absolute atomic E-state index is 5.88. The molecule has 0 fully saturated rings. The average molecular weight is 509 g/mol. The van der Waals surface area contributed by atoms with Crippen LogP contribution in [0.2, 0.25) is 0 Å². The van der Waals surface area contributed by atoms with E-state index in [9.17, 15) is 0 Å². The Morgan fingerprint density at radius 3 is 2.47 bits per heavy atom. The minimum atomic E-state index is -2.76. The Labute approximate surface area is 132 Å². The molecule has 0 spiro atoms. The summed E-state index contributed by atoms with van der Waals surface area (Å²) in [5.41, 5.74) is 2.72. The summed E-state index contributed by atoms with van der Waals surface area (Å²) in [6.07, 6.45) is 0.720. The van der Waals surface area contributed by atoms with Gasteiger partial charge in [0.25, 0.3) is 0 Å². The summed E-state index contributed by atoms with van der Waals surface area (Å²) in [5, 5.41) is 0.657. The van der Waals surface area contributed by atoms with Crippen molar-refractivity contribution in [3.8, 4) is 0 Å². The van der Waals surface area contributed by atoms with Gasteiger partial charge >= 0.3 is 133 Å². The van der Waals surface area contributed by atoms with Crippen molar-refractivity contribution in [1.82, 2.24) is 14.3 Å². The molecule has 19 heavy (non-hydrogen) atoms. The van der Waals surface area contributed by atoms with Gasteiger partial charge in [0.15, 0.2) is 0 Å². The van der Waals surface area contributed by atoms with Gasteiger partial charge in [0.1, 0.15) is 0 Å². The van der Waals surface area contributed by atoms with Crippen LogP contribution in [0.25, 0.3) is 0 Å². The zero-order valence-corrected chi connectivity index (χ0v) is 15.7. The van der Waals surface area contributed by atoms with Crippen molar-refractivity contribution in [3.05, 3.63) is 0 Å². The van der Waals surface area contributed by atoms with Crippen molar-refractivity contribution in [3.63, 3.8) is 0 Å². The fourth-order valence-electron chi connectivity index (χ4n) is 0.602. The van der Waals surface area contributed by atoms with Crippen LogP contribution in [0.3, 0.4) is 0 Å². The van der Waals surface area contributed by atoms with Crippen molar-refractivity contribution in [1.29, 1.82) is 0 Å². The van der Waals surface area contributed by atoms with Crippen molar-refractivity contribution >= 4 is 20.8 Å². The summed E-state index contributed by atoms with van der Waals surface area (Å²) < 4.78 is 22.2. The van der Waals surface area contributed by atoms with Crippen LogP contribution in [0.4, 0.5) is 0 Å². The molecule has 0 saturated carbocycles. The molecule has 0 aromatic heterocycles. The molecular weight excluding hydrogens is 486 g/mol. The molecule has 0 rings (SSSR count). The molecule has 0 aliphatic carbocycles. The van der Waals surface area contributed by atoms with E-state index in [4.69, 9.17) is 29.8 Å². The second-order valence-corrected chi connectivity index (χ2v) is 7.21. The van der Waals surface area contributed by atoms with Gasteiger partial charge in [0.05, 0.1) is 0 Å². The number of hydrogen-bond donors (Lipinski definition) is 4. The van der Waals surface area contributed by atoms with Gasteiger partial charge in [-0.3, -0.25) is 0 Å². The molecule has 0 radical (unpaired) electrons. The molecule has 1 unspecified atom stereocenters. The molecule has 0 aliphatic heterocycles. The van der Waals surface area contributed by atoms with Crippen LogP contribution < -0.4 is 41.1 Å². The Morgan fingerprint density at radius 1 is 1.37 bits per heavy atom. The molecule has 0 aromatic carbocycles. The Morgan fingerprint density at radius 2 is 2.00 bits per heavy atom. The maximum atomic E-state index is 5.88. The Hall–Kier alpha value is 1.06. The number of rotatable bonds is 11. The predicted octanol–water partition coefficient (Wildman–Crippen LogP) is -3.01. The number of hydrogen-bond acceptors (Lipinski definition) is 10. The zero-order chi connectivity index (χ0) is 14.8. The van der Waals surface area contributed by atoms with E-state index in [1.165, 1.54) is 0 Å². The average Bonchev–Trinajstić information content (AvgIpc) is 2.33. The fourth-order valence-corrected chi connectivity index (χ4v) is 2.76. The summed E-state index contributed by atoms with van der Waals surface area (Å²) in [4.78, 5) is 10.7. The van der Waals surface area contributed by atoms with Crippen LogP contribution in [0.15, 0.2) is 0 Å². The van der Waals surface area contributed by atoms with Crippen LogP contribution in [-0.2, 0) is 16.1 Å². The van der Waals surface area contributed by atoms with E-state index in [2.05, 4.69) is 5.48 Å². The normalized spacial score (nSPS) is 14.7. The number of hydrazine groups is 1. The molecule has 0 aromatic rings. The van der Waals surface area contributed by atoms with Gasteiger partial charge < -0.3 is 0 Å². The summed E-state index contributed by atoms with van der Waals surface area (Å²) in [7, 11) is 0. The summed E-state index contributed by atoms with van der Waals surface area (Å²) in [5.74, 6) is 5.38. The van der Waals surface area contributed by atoms with Crippen LogP contribution in [0, 0.1) is 0 Å². The molecule has 120 valence electrons. The van der Waals surface area contributed by atoms with E-state index >= 15 is 0 Å². The molecule has 1 atom stereocenters. The van der Waals surface area contributed by atoms with Gasteiger partial charge in [-0.05, 0) is 0 Å². The predicted molar refractivity (Wildman–Crippen MR) is 72.6 cm³/mol. The molecule has 0 amide bonds. The summed E-state index contributed by atoms with van der Waals surface area (Å²) in [6.45, 7) is 7.69. The Bertz CT molecular complexity index is 230.